The average Bonchev–Trinajstić information content (AvgIpc) is 2.72. The lowest BCUT2D eigenvalue weighted by Gasteiger charge is -2.13. The number of nitro benzene ring substituents is 1. The normalized spacial score (nSPS) is 12.1. The molecule has 0 fully saturated rings. The molecule has 12 heteroatoms. The molecular weight excluding hydrogens is 459 g/mol. The molecule has 2 aromatic rings. The van der Waals surface area contributed by atoms with E-state index in [1.54, 1.807) is 0 Å². The molecule has 0 amide bonds. The summed E-state index contributed by atoms with van der Waals surface area (Å²) in [4.78, 5) is 46.6. The molecule has 0 spiro atoms. The van der Waals surface area contributed by atoms with Crippen molar-refractivity contribution in [2.75, 3.05) is 7.11 Å². The van der Waals surface area contributed by atoms with Crippen LogP contribution in [0.2, 0.25) is 5.02 Å². The number of hydrogen-bond acceptors (Lipinski definition) is 7. The number of nitrogens with zero attached hydrogens (tertiary/aromatic N) is 1. The van der Waals surface area contributed by atoms with Crippen LogP contribution in [0.5, 0.6) is 11.5 Å². The van der Waals surface area contributed by atoms with Gasteiger partial charge in [0, 0.05) is 6.07 Å². The van der Waals surface area contributed by atoms with Crippen LogP contribution in [-0.2, 0) is 20.5 Å². The molecule has 1 atom stereocenters. The van der Waals surface area contributed by atoms with Gasteiger partial charge in [-0.05, 0) is 37.3 Å². The van der Waals surface area contributed by atoms with Crippen molar-refractivity contribution in [2.24, 2.45) is 5.92 Å². The number of ether oxygens (including phenoxy) is 2. The summed E-state index contributed by atoms with van der Waals surface area (Å²) in [5.74, 6) is -4.38. The van der Waals surface area contributed by atoms with Gasteiger partial charge in [-0.1, -0.05) is 11.6 Å². The van der Waals surface area contributed by atoms with E-state index in [1.165, 1.54) is 6.92 Å². The third kappa shape index (κ3) is 5.82. The first-order chi connectivity index (χ1) is 14.8. The van der Waals surface area contributed by atoms with E-state index in [2.05, 4.69) is 4.74 Å². The van der Waals surface area contributed by atoms with Gasteiger partial charge in [-0.3, -0.25) is 24.5 Å². The van der Waals surface area contributed by atoms with E-state index in [0.717, 1.165) is 37.4 Å². The fourth-order valence-electron chi connectivity index (χ4n) is 2.57. The molecule has 0 aromatic heterocycles. The van der Waals surface area contributed by atoms with Crippen LogP contribution in [0.15, 0.2) is 36.4 Å². The summed E-state index contributed by atoms with van der Waals surface area (Å²) in [6.07, 6.45) is -5.32. The molecule has 0 radical (unpaired) electrons. The molecule has 1 unspecified atom stereocenters. The highest BCUT2D eigenvalue weighted by Gasteiger charge is 2.32. The molecule has 32 heavy (non-hydrogen) atoms. The lowest BCUT2D eigenvalue weighted by atomic mass is 9.93. The second-order valence-electron chi connectivity index (χ2n) is 6.49. The zero-order valence-corrected chi connectivity index (χ0v) is 17.3. The molecule has 2 rings (SSSR count). The maximum Gasteiger partial charge on any atom is 0.416 e. The molecule has 2 aromatic carbocycles. The van der Waals surface area contributed by atoms with Gasteiger partial charge in [0.15, 0.2) is 11.6 Å². The second kappa shape index (κ2) is 9.77. The van der Waals surface area contributed by atoms with E-state index in [0.29, 0.717) is 6.07 Å². The Hall–Kier alpha value is -3.47. The van der Waals surface area contributed by atoms with Crippen molar-refractivity contribution < 1.29 is 42.0 Å². The molecule has 0 saturated heterocycles. The fourth-order valence-corrected chi connectivity index (χ4v) is 2.79. The largest absolute Gasteiger partial charge is 0.469 e. The SMILES string of the molecule is COC(=O)CC(=O)C(C)C(=O)c1cc(Oc2ccc(C(F)(F)F)cc2Cl)ccc1[N+](=O)[O-]. The first-order valence-corrected chi connectivity index (χ1v) is 9.19. The van der Waals surface area contributed by atoms with Crippen LogP contribution in [0.3, 0.4) is 0 Å². The summed E-state index contributed by atoms with van der Waals surface area (Å²) in [6.45, 7) is 1.18. The van der Waals surface area contributed by atoms with Crippen LogP contribution >= 0.6 is 11.6 Å². The number of methoxy groups -OCH3 is 1. The van der Waals surface area contributed by atoms with Crippen LogP contribution in [0.4, 0.5) is 18.9 Å². The molecule has 0 aliphatic heterocycles. The monoisotopic (exact) mass is 473 g/mol. The van der Waals surface area contributed by atoms with Gasteiger partial charge in [-0.25, -0.2) is 0 Å². The molecule has 0 aliphatic rings. The summed E-state index contributed by atoms with van der Waals surface area (Å²) in [5, 5.41) is 10.9. The summed E-state index contributed by atoms with van der Waals surface area (Å²) in [6, 6.07) is 5.35. The smallest absolute Gasteiger partial charge is 0.416 e. The lowest BCUT2D eigenvalue weighted by molar-refractivity contribution is -0.385. The molecule has 170 valence electrons. The van der Waals surface area contributed by atoms with Gasteiger partial charge in [-0.15, -0.1) is 0 Å². The first-order valence-electron chi connectivity index (χ1n) is 8.82. The predicted molar refractivity (Wildman–Crippen MR) is 105 cm³/mol. The quantitative estimate of drug-likeness (QED) is 0.174. The summed E-state index contributed by atoms with van der Waals surface area (Å²) < 4.78 is 48.1. The second-order valence-corrected chi connectivity index (χ2v) is 6.89. The van der Waals surface area contributed by atoms with Crippen LogP contribution in [0, 0.1) is 16.0 Å². The number of halogens is 4. The molecule has 8 nitrogen and oxygen atoms in total. The number of carbonyl (C=O) groups excluding carboxylic acids is 3. The Balaban J connectivity index is 2.38. The van der Waals surface area contributed by atoms with Crippen molar-refractivity contribution in [3.8, 4) is 11.5 Å². The van der Waals surface area contributed by atoms with Gasteiger partial charge >= 0.3 is 12.1 Å². The minimum Gasteiger partial charge on any atom is -0.469 e. The van der Waals surface area contributed by atoms with Crippen molar-refractivity contribution in [3.05, 3.63) is 62.7 Å². The molecule has 0 bridgehead atoms. The number of ketones is 2. The minimum absolute atomic E-state index is 0.145. The van der Waals surface area contributed by atoms with Gasteiger partial charge in [0.05, 0.1) is 34.1 Å². The van der Waals surface area contributed by atoms with E-state index >= 15 is 0 Å². The number of hydrogen-bond donors (Lipinski definition) is 0. The van der Waals surface area contributed by atoms with Crippen LogP contribution in [-0.4, -0.2) is 29.6 Å². The van der Waals surface area contributed by atoms with Gasteiger partial charge in [0.25, 0.3) is 5.69 Å². The predicted octanol–water partition coefficient (Wildman–Crippen LogP) is 5.01. The molecule has 0 aliphatic carbocycles. The Labute approximate surface area is 184 Å². The number of nitro groups is 1. The van der Waals surface area contributed by atoms with E-state index in [-0.39, 0.29) is 16.5 Å². The molecule has 0 N–H and O–H groups in total. The Morgan fingerprint density at radius 1 is 1.16 bits per heavy atom. The van der Waals surface area contributed by atoms with Crippen molar-refractivity contribution in [2.45, 2.75) is 19.5 Å². The Kier molecular flexibility index (Phi) is 7.57. The minimum atomic E-state index is -4.62. The highest BCUT2D eigenvalue weighted by Crippen LogP contribution is 2.37. The van der Waals surface area contributed by atoms with Crippen molar-refractivity contribution in [1.29, 1.82) is 0 Å². The van der Waals surface area contributed by atoms with Gasteiger partial charge < -0.3 is 9.47 Å². The third-order valence-corrected chi connectivity index (χ3v) is 4.64. The van der Waals surface area contributed by atoms with Crippen molar-refractivity contribution in [3.63, 3.8) is 0 Å². The lowest BCUT2D eigenvalue weighted by Crippen LogP contribution is -2.24. The van der Waals surface area contributed by atoms with E-state index in [1.807, 2.05) is 0 Å². The van der Waals surface area contributed by atoms with Crippen molar-refractivity contribution >= 4 is 34.8 Å². The highest BCUT2D eigenvalue weighted by molar-refractivity contribution is 6.32. The average molecular weight is 474 g/mol. The topological polar surface area (TPSA) is 113 Å². The van der Waals surface area contributed by atoms with E-state index < -0.39 is 57.8 Å². The number of carbonyl (C=O) groups is 3. The number of alkyl halides is 3. The van der Waals surface area contributed by atoms with Crippen LogP contribution in [0.25, 0.3) is 0 Å². The maximum absolute atomic E-state index is 12.8. The summed E-state index contributed by atoms with van der Waals surface area (Å²) in [5.41, 5.74) is -2.12. The number of Topliss-reactive ketones (excluding diaryl/α,β-unsaturated/α-hetero) is 2. The third-order valence-electron chi connectivity index (χ3n) is 4.34. The zero-order valence-electron chi connectivity index (χ0n) is 16.6. The van der Waals surface area contributed by atoms with Gasteiger partial charge in [0.1, 0.15) is 17.9 Å². The molecular formula is C20H15ClF3NO7. The fraction of sp³-hybridized carbons (Fsp3) is 0.250. The zero-order chi connectivity index (χ0) is 24.2. The standard InChI is InChI=1S/C20H15ClF3NO7/c1-10(16(26)9-18(27)31-2)19(28)13-8-12(4-5-15(13)25(29)30)32-17-6-3-11(7-14(17)21)20(22,23)24/h3-8,10H,9H2,1-2H3. The first kappa shape index (κ1) is 24.8. The van der Waals surface area contributed by atoms with Crippen molar-refractivity contribution in [1.82, 2.24) is 0 Å². The summed E-state index contributed by atoms with van der Waals surface area (Å²) in [7, 11) is 1.06. The molecule has 0 saturated carbocycles. The Morgan fingerprint density at radius 3 is 2.34 bits per heavy atom. The van der Waals surface area contributed by atoms with E-state index in [9.17, 15) is 37.7 Å². The highest BCUT2D eigenvalue weighted by atomic mass is 35.5. The van der Waals surface area contributed by atoms with Crippen LogP contribution < -0.4 is 4.74 Å². The Morgan fingerprint density at radius 2 is 1.81 bits per heavy atom. The van der Waals surface area contributed by atoms with E-state index in [4.69, 9.17) is 16.3 Å². The molecule has 0 heterocycles. The summed E-state index contributed by atoms with van der Waals surface area (Å²) >= 11 is 5.83. The Bertz CT molecular complexity index is 1090. The maximum atomic E-state index is 12.8. The van der Waals surface area contributed by atoms with Gasteiger partial charge in [0.2, 0.25) is 0 Å². The number of rotatable bonds is 8. The number of benzene rings is 2. The van der Waals surface area contributed by atoms with Crippen LogP contribution in [0.1, 0.15) is 29.3 Å². The van der Waals surface area contributed by atoms with Gasteiger partial charge in [-0.2, -0.15) is 13.2 Å². The number of esters is 1.